The second-order valence-corrected chi connectivity index (χ2v) is 2.89. The van der Waals surface area contributed by atoms with Crippen molar-refractivity contribution in [2.75, 3.05) is 0 Å². The summed E-state index contributed by atoms with van der Waals surface area (Å²) in [5.41, 5.74) is 0. The molecule has 1 amide bonds. The first kappa shape index (κ1) is 10.5. The van der Waals surface area contributed by atoms with Crippen LogP contribution in [0, 0.1) is 0 Å². The van der Waals surface area contributed by atoms with Gasteiger partial charge in [0.25, 0.3) is 0 Å². The van der Waals surface area contributed by atoms with Crippen molar-refractivity contribution in [1.29, 1.82) is 0 Å². The minimum absolute atomic E-state index is 0.402. The molecule has 0 aliphatic rings. The Labute approximate surface area is 69.4 Å². The fourth-order valence-corrected chi connectivity index (χ4v) is 1.14. The van der Waals surface area contributed by atoms with Crippen molar-refractivity contribution in [2.24, 2.45) is 0 Å². The fourth-order valence-electron chi connectivity index (χ4n) is 1.14. The zero-order chi connectivity index (χ0) is 8.53. The van der Waals surface area contributed by atoms with E-state index in [0.29, 0.717) is 6.04 Å². The molecule has 0 aromatic carbocycles. The van der Waals surface area contributed by atoms with Crippen LogP contribution in [0.25, 0.3) is 0 Å². The molecule has 0 aromatic heterocycles. The first-order chi connectivity index (χ1) is 5.35. The molecule has 0 heterocycles. The molecule has 0 spiro atoms. The van der Waals surface area contributed by atoms with Crippen molar-refractivity contribution in [3.63, 3.8) is 0 Å². The maximum absolute atomic E-state index is 10.1. The number of rotatable bonds is 7. The summed E-state index contributed by atoms with van der Waals surface area (Å²) in [5.74, 6) is 0. The Balaban J connectivity index is 3.27. The first-order valence-corrected chi connectivity index (χ1v) is 4.54. The van der Waals surface area contributed by atoms with E-state index in [1.165, 1.54) is 19.3 Å². The van der Waals surface area contributed by atoms with Crippen LogP contribution >= 0.6 is 0 Å². The van der Waals surface area contributed by atoms with E-state index in [9.17, 15) is 4.79 Å². The van der Waals surface area contributed by atoms with E-state index in [1.54, 1.807) is 0 Å². The molecular weight excluding hydrogens is 138 g/mol. The molecule has 0 aliphatic heterocycles. The summed E-state index contributed by atoms with van der Waals surface area (Å²) in [4.78, 5) is 10.1. The highest BCUT2D eigenvalue weighted by Crippen LogP contribution is 2.05. The van der Waals surface area contributed by atoms with E-state index in [1.807, 2.05) is 0 Å². The van der Waals surface area contributed by atoms with Gasteiger partial charge in [-0.25, -0.2) is 0 Å². The van der Waals surface area contributed by atoms with Gasteiger partial charge in [0, 0.05) is 6.04 Å². The van der Waals surface area contributed by atoms with E-state index < -0.39 is 0 Å². The average molecular weight is 157 g/mol. The molecule has 1 atom stereocenters. The van der Waals surface area contributed by atoms with Crippen LogP contribution in [0.5, 0.6) is 0 Å². The molecule has 66 valence electrons. The van der Waals surface area contributed by atoms with Gasteiger partial charge in [0.2, 0.25) is 6.41 Å². The number of unbranched alkanes of at least 4 members (excludes halogenated alkanes) is 2. The third-order valence-electron chi connectivity index (χ3n) is 1.95. The van der Waals surface area contributed by atoms with Gasteiger partial charge in [-0.3, -0.25) is 4.79 Å². The highest BCUT2D eigenvalue weighted by Gasteiger charge is 2.01. The van der Waals surface area contributed by atoms with Crippen molar-refractivity contribution < 1.29 is 4.79 Å². The largest absolute Gasteiger partial charge is 0.356 e. The summed E-state index contributed by atoms with van der Waals surface area (Å²) in [6.45, 7) is 4.29. The molecule has 0 fully saturated rings. The molecule has 2 heteroatoms. The molecule has 0 radical (unpaired) electrons. The smallest absolute Gasteiger partial charge is 0.207 e. The molecule has 0 bridgehead atoms. The second kappa shape index (κ2) is 7.58. The third-order valence-corrected chi connectivity index (χ3v) is 1.95. The van der Waals surface area contributed by atoms with Gasteiger partial charge in [0.05, 0.1) is 0 Å². The number of carbonyl (C=O) groups excluding carboxylic acids is 1. The topological polar surface area (TPSA) is 29.1 Å². The van der Waals surface area contributed by atoms with E-state index >= 15 is 0 Å². The number of nitrogens with one attached hydrogen (secondary N) is 1. The molecule has 0 aliphatic carbocycles. The summed E-state index contributed by atoms with van der Waals surface area (Å²) < 4.78 is 0. The maximum atomic E-state index is 10.1. The molecule has 0 saturated carbocycles. The Kier molecular flexibility index (Phi) is 7.21. The Hall–Kier alpha value is -0.530. The Morgan fingerprint density at radius 3 is 2.55 bits per heavy atom. The lowest BCUT2D eigenvalue weighted by atomic mass is 10.1. The van der Waals surface area contributed by atoms with Crippen molar-refractivity contribution in [3.05, 3.63) is 0 Å². The lowest BCUT2D eigenvalue weighted by Crippen LogP contribution is -2.26. The van der Waals surface area contributed by atoms with Gasteiger partial charge in [-0.2, -0.15) is 0 Å². The first-order valence-electron chi connectivity index (χ1n) is 4.54. The van der Waals surface area contributed by atoms with E-state index in [-0.39, 0.29) is 0 Å². The number of hydrogen-bond acceptors (Lipinski definition) is 1. The zero-order valence-electron chi connectivity index (χ0n) is 7.60. The van der Waals surface area contributed by atoms with Crippen LogP contribution in [0.4, 0.5) is 0 Å². The highest BCUT2D eigenvalue weighted by atomic mass is 16.1. The fraction of sp³-hybridized carbons (Fsp3) is 0.889. The van der Waals surface area contributed by atoms with Gasteiger partial charge < -0.3 is 5.32 Å². The molecule has 11 heavy (non-hydrogen) atoms. The van der Waals surface area contributed by atoms with Crippen LogP contribution in [0.15, 0.2) is 0 Å². The molecule has 0 saturated heterocycles. The second-order valence-electron chi connectivity index (χ2n) is 2.89. The van der Waals surface area contributed by atoms with E-state index in [4.69, 9.17) is 0 Å². The van der Waals surface area contributed by atoms with Gasteiger partial charge >= 0.3 is 0 Å². The zero-order valence-corrected chi connectivity index (χ0v) is 7.60. The van der Waals surface area contributed by atoms with Crippen molar-refractivity contribution >= 4 is 6.41 Å². The van der Waals surface area contributed by atoms with Gasteiger partial charge in [0.1, 0.15) is 0 Å². The molecule has 0 aromatic rings. The van der Waals surface area contributed by atoms with Crippen LogP contribution in [0.3, 0.4) is 0 Å². The van der Waals surface area contributed by atoms with Gasteiger partial charge in [-0.15, -0.1) is 0 Å². The number of hydrogen-bond donors (Lipinski definition) is 1. The Bertz CT molecular complexity index is 93.6. The third kappa shape index (κ3) is 5.89. The lowest BCUT2D eigenvalue weighted by Gasteiger charge is -2.12. The van der Waals surface area contributed by atoms with Crippen molar-refractivity contribution in [3.8, 4) is 0 Å². The Morgan fingerprint density at radius 2 is 2.09 bits per heavy atom. The van der Waals surface area contributed by atoms with Crippen molar-refractivity contribution in [1.82, 2.24) is 5.32 Å². The minimum Gasteiger partial charge on any atom is -0.356 e. The molecular formula is C9H19NO. The standard InChI is InChI=1S/C9H19NO/c1-3-5-6-7-9(4-2)10-8-11/h8-9H,3-7H2,1-2H3,(H,10,11). The van der Waals surface area contributed by atoms with Crippen LogP contribution < -0.4 is 5.32 Å². The quantitative estimate of drug-likeness (QED) is 0.445. The maximum Gasteiger partial charge on any atom is 0.207 e. The summed E-state index contributed by atoms with van der Waals surface area (Å²) in [6, 6.07) is 0.402. The van der Waals surface area contributed by atoms with Gasteiger partial charge in [0.15, 0.2) is 0 Å². The predicted octanol–water partition coefficient (Wildman–Crippen LogP) is 2.09. The summed E-state index contributed by atoms with van der Waals surface area (Å²) in [5, 5.41) is 2.81. The average Bonchev–Trinajstić information content (AvgIpc) is 2.03. The normalized spacial score (nSPS) is 12.5. The molecule has 1 N–H and O–H groups in total. The molecule has 0 rings (SSSR count). The summed E-state index contributed by atoms with van der Waals surface area (Å²) in [6.07, 6.45) is 6.73. The van der Waals surface area contributed by atoms with Crippen LogP contribution in [0.1, 0.15) is 46.0 Å². The van der Waals surface area contributed by atoms with E-state index in [2.05, 4.69) is 19.2 Å². The lowest BCUT2D eigenvalue weighted by molar-refractivity contribution is -0.110. The van der Waals surface area contributed by atoms with E-state index in [0.717, 1.165) is 19.3 Å². The Morgan fingerprint density at radius 1 is 1.36 bits per heavy atom. The monoisotopic (exact) mass is 157 g/mol. The van der Waals surface area contributed by atoms with Gasteiger partial charge in [-0.05, 0) is 12.8 Å². The SMILES string of the molecule is CCCCCC(CC)NC=O. The molecule has 1 unspecified atom stereocenters. The number of carbonyl (C=O) groups is 1. The highest BCUT2D eigenvalue weighted by molar-refractivity contribution is 5.46. The van der Waals surface area contributed by atoms with Crippen LogP contribution in [-0.2, 0) is 4.79 Å². The predicted molar refractivity (Wildman–Crippen MR) is 47.4 cm³/mol. The summed E-state index contributed by atoms with van der Waals surface area (Å²) in [7, 11) is 0. The summed E-state index contributed by atoms with van der Waals surface area (Å²) >= 11 is 0. The van der Waals surface area contributed by atoms with Crippen LogP contribution in [-0.4, -0.2) is 12.5 Å². The van der Waals surface area contributed by atoms with Crippen molar-refractivity contribution in [2.45, 2.75) is 52.0 Å². The van der Waals surface area contributed by atoms with Crippen LogP contribution in [0.2, 0.25) is 0 Å². The number of amides is 1. The van der Waals surface area contributed by atoms with Gasteiger partial charge in [-0.1, -0.05) is 33.1 Å². The molecule has 2 nitrogen and oxygen atoms in total. The minimum atomic E-state index is 0.402.